The Morgan fingerprint density at radius 1 is 1.16 bits per heavy atom. The van der Waals surface area contributed by atoms with Gasteiger partial charge in [0.05, 0.1) is 40.7 Å². The maximum atomic E-state index is 12.9. The summed E-state index contributed by atoms with van der Waals surface area (Å²) >= 11 is 1.38. The molecule has 9 heteroatoms. The Kier molecular flexibility index (Phi) is 6.18. The van der Waals surface area contributed by atoms with Crippen LogP contribution in [-0.2, 0) is 18.4 Å². The number of nitrogens with zero attached hydrogens (tertiary/aromatic N) is 5. The van der Waals surface area contributed by atoms with Crippen molar-refractivity contribution < 1.29 is 9.21 Å². The smallest absolute Gasteiger partial charge is 0.237 e. The highest BCUT2D eigenvalue weighted by Crippen LogP contribution is 2.30. The van der Waals surface area contributed by atoms with E-state index in [0.29, 0.717) is 17.5 Å². The lowest BCUT2D eigenvalue weighted by Gasteiger charge is -2.14. The van der Waals surface area contributed by atoms with Crippen LogP contribution in [0.3, 0.4) is 0 Å². The molecule has 0 aliphatic rings. The van der Waals surface area contributed by atoms with Crippen molar-refractivity contribution in [1.82, 2.24) is 24.5 Å². The number of anilines is 1. The highest BCUT2D eigenvalue weighted by atomic mass is 32.2. The molecule has 0 saturated heterocycles. The van der Waals surface area contributed by atoms with Crippen molar-refractivity contribution in [2.24, 2.45) is 7.05 Å². The van der Waals surface area contributed by atoms with Crippen LogP contribution in [0.5, 0.6) is 0 Å². The number of furan rings is 1. The van der Waals surface area contributed by atoms with Gasteiger partial charge in [-0.05, 0) is 39.3 Å². The van der Waals surface area contributed by atoms with Gasteiger partial charge in [-0.3, -0.25) is 14.0 Å². The summed E-state index contributed by atoms with van der Waals surface area (Å²) < 4.78 is 9.28. The monoisotopic (exact) mass is 450 g/mol. The predicted molar refractivity (Wildman–Crippen MR) is 125 cm³/mol. The summed E-state index contributed by atoms with van der Waals surface area (Å²) in [5.41, 5.74) is 4.47. The molecule has 4 rings (SSSR count). The van der Waals surface area contributed by atoms with Crippen LogP contribution in [0.1, 0.15) is 29.6 Å². The van der Waals surface area contributed by atoms with Gasteiger partial charge in [-0.25, -0.2) is 0 Å². The Morgan fingerprint density at radius 2 is 1.91 bits per heavy atom. The van der Waals surface area contributed by atoms with Crippen molar-refractivity contribution in [1.29, 1.82) is 0 Å². The number of benzene rings is 1. The van der Waals surface area contributed by atoms with Gasteiger partial charge in [-0.15, -0.1) is 10.2 Å². The summed E-state index contributed by atoms with van der Waals surface area (Å²) in [4.78, 5) is 12.9. The largest absolute Gasteiger partial charge is 0.469 e. The van der Waals surface area contributed by atoms with Crippen LogP contribution in [0, 0.1) is 20.8 Å². The summed E-state index contributed by atoms with van der Waals surface area (Å²) in [7, 11) is 1.86. The number of hydrogen-bond acceptors (Lipinski definition) is 6. The summed E-state index contributed by atoms with van der Waals surface area (Å²) in [6, 6.07) is 12.0. The normalized spacial score (nSPS) is 12.2. The van der Waals surface area contributed by atoms with Crippen molar-refractivity contribution in [3.8, 4) is 11.4 Å². The lowest BCUT2D eigenvalue weighted by atomic mass is 10.2. The molecule has 1 amide bonds. The number of amides is 1. The minimum atomic E-state index is -0.383. The third-order valence-electron chi connectivity index (χ3n) is 5.41. The van der Waals surface area contributed by atoms with Crippen LogP contribution in [0.4, 0.5) is 5.69 Å². The third-order valence-corrected chi connectivity index (χ3v) is 6.49. The van der Waals surface area contributed by atoms with E-state index >= 15 is 0 Å². The lowest BCUT2D eigenvalue weighted by Crippen LogP contribution is -2.23. The van der Waals surface area contributed by atoms with Crippen LogP contribution < -0.4 is 5.32 Å². The summed E-state index contributed by atoms with van der Waals surface area (Å²) in [6.07, 6.45) is 1.65. The Hall–Kier alpha value is -3.33. The summed E-state index contributed by atoms with van der Waals surface area (Å²) in [6.45, 7) is 8.18. The van der Waals surface area contributed by atoms with Crippen LogP contribution in [0.25, 0.3) is 11.4 Å². The van der Waals surface area contributed by atoms with Gasteiger partial charge in [0.15, 0.2) is 11.0 Å². The average Bonchev–Trinajstić information content (AvgIpc) is 3.43. The van der Waals surface area contributed by atoms with Gasteiger partial charge in [-0.2, -0.15) is 5.10 Å². The number of hydrogen-bond donors (Lipinski definition) is 1. The molecule has 0 aliphatic carbocycles. The first kappa shape index (κ1) is 21.9. The molecule has 0 spiro atoms. The molecule has 0 radical (unpaired) electrons. The van der Waals surface area contributed by atoms with E-state index in [0.717, 1.165) is 34.0 Å². The predicted octanol–water partition coefficient (Wildman–Crippen LogP) is 4.36. The van der Waals surface area contributed by atoms with E-state index in [-0.39, 0.29) is 11.2 Å². The quantitative estimate of drug-likeness (QED) is 0.421. The second kappa shape index (κ2) is 9.04. The highest BCUT2D eigenvalue weighted by Gasteiger charge is 2.24. The fourth-order valence-electron chi connectivity index (χ4n) is 3.49. The Labute approximate surface area is 191 Å². The molecule has 0 bridgehead atoms. The van der Waals surface area contributed by atoms with Gasteiger partial charge in [-0.1, -0.05) is 42.1 Å². The first-order valence-electron chi connectivity index (χ1n) is 10.3. The van der Waals surface area contributed by atoms with Crippen LogP contribution in [0.15, 0.2) is 52.2 Å². The van der Waals surface area contributed by atoms with Crippen molar-refractivity contribution in [3.63, 3.8) is 0 Å². The molecule has 3 aromatic heterocycles. The van der Waals surface area contributed by atoms with E-state index in [1.54, 1.807) is 10.9 Å². The Bertz CT molecular complexity index is 1240. The van der Waals surface area contributed by atoms with Crippen molar-refractivity contribution >= 4 is 23.4 Å². The SMILES string of the molecule is Cc1nn(C)c(C)c1NC(=O)C(C)Sc1nnc(-c2ccoc2C)n1Cc1ccccc1. The molecule has 1 N–H and O–H groups in total. The number of thioether (sulfide) groups is 1. The van der Waals surface area contributed by atoms with Crippen molar-refractivity contribution in [2.45, 2.75) is 44.6 Å². The summed E-state index contributed by atoms with van der Waals surface area (Å²) in [5.74, 6) is 1.38. The number of carbonyl (C=O) groups excluding carboxylic acids is 1. The van der Waals surface area contributed by atoms with E-state index in [4.69, 9.17) is 4.42 Å². The zero-order valence-electron chi connectivity index (χ0n) is 18.8. The number of carbonyl (C=O) groups is 1. The number of aryl methyl sites for hydroxylation is 3. The van der Waals surface area contributed by atoms with Gasteiger partial charge < -0.3 is 9.73 Å². The molecule has 1 unspecified atom stereocenters. The lowest BCUT2D eigenvalue weighted by molar-refractivity contribution is -0.115. The zero-order valence-corrected chi connectivity index (χ0v) is 19.6. The topological polar surface area (TPSA) is 90.8 Å². The number of nitrogens with one attached hydrogen (secondary N) is 1. The van der Waals surface area contributed by atoms with Crippen molar-refractivity contribution in [3.05, 3.63) is 65.4 Å². The first-order chi connectivity index (χ1) is 15.3. The molecule has 0 saturated carbocycles. The fourth-order valence-corrected chi connectivity index (χ4v) is 4.34. The van der Waals surface area contributed by atoms with Gasteiger partial charge in [0, 0.05) is 7.05 Å². The van der Waals surface area contributed by atoms with Crippen molar-refractivity contribution in [2.75, 3.05) is 5.32 Å². The van der Waals surface area contributed by atoms with E-state index in [9.17, 15) is 4.79 Å². The van der Waals surface area contributed by atoms with Gasteiger partial charge in [0.25, 0.3) is 0 Å². The highest BCUT2D eigenvalue weighted by molar-refractivity contribution is 8.00. The molecule has 0 fully saturated rings. The van der Waals surface area contributed by atoms with Gasteiger partial charge in [0.2, 0.25) is 5.91 Å². The minimum absolute atomic E-state index is 0.107. The van der Waals surface area contributed by atoms with E-state index < -0.39 is 0 Å². The maximum Gasteiger partial charge on any atom is 0.237 e. The Morgan fingerprint density at radius 3 is 2.53 bits per heavy atom. The average molecular weight is 451 g/mol. The maximum absolute atomic E-state index is 12.9. The summed E-state index contributed by atoms with van der Waals surface area (Å²) in [5, 5.41) is 16.5. The van der Waals surface area contributed by atoms with Crippen LogP contribution >= 0.6 is 11.8 Å². The molecule has 8 nitrogen and oxygen atoms in total. The van der Waals surface area contributed by atoms with E-state index in [2.05, 4.69) is 32.7 Å². The molecule has 1 atom stereocenters. The molecule has 3 heterocycles. The van der Waals surface area contributed by atoms with Gasteiger partial charge >= 0.3 is 0 Å². The minimum Gasteiger partial charge on any atom is -0.469 e. The van der Waals surface area contributed by atoms with Crippen LogP contribution in [0.2, 0.25) is 0 Å². The molecule has 4 aromatic rings. The number of rotatable bonds is 7. The van der Waals surface area contributed by atoms with Crippen LogP contribution in [-0.4, -0.2) is 35.7 Å². The molecular formula is C23H26N6O2S. The zero-order chi connectivity index (χ0) is 22.8. The second-order valence-corrected chi connectivity index (χ2v) is 9.00. The molecule has 32 heavy (non-hydrogen) atoms. The second-order valence-electron chi connectivity index (χ2n) is 7.69. The van der Waals surface area contributed by atoms with E-state index in [1.165, 1.54) is 11.8 Å². The van der Waals surface area contributed by atoms with E-state index in [1.807, 2.05) is 63.6 Å². The molecule has 1 aromatic carbocycles. The molecule has 166 valence electrons. The third kappa shape index (κ3) is 4.34. The number of aromatic nitrogens is 5. The fraction of sp³-hybridized carbons (Fsp3) is 0.304. The molecule has 0 aliphatic heterocycles. The first-order valence-corrected chi connectivity index (χ1v) is 11.2. The molecular weight excluding hydrogens is 424 g/mol. The van der Waals surface area contributed by atoms with Gasteiger partial charge in [0.1, 0.15) is 5.76 Å². The Balaban J connectivity index is 1.60. The standard InChI is InChI=1S/C23H26N6O2S/c1-14-20(15(2)28(5)27-14)24-22(30)17(4)32-23-26-25-21(19-11-12-31-16(19)3)29(23)13-18-9-7-6-8-10-18/h6-12,17H,13H2,1-5H3,(H,24,30).